The van der Waals surface area contributed by atoms with Gasteiger partial charge in [0.1, 0.15) is 10.6 Å². The molecule has 0 bridgehead atoms. The second-order valence-corrected chi connectivity index (χ2v) is 6.37. The van der Waals surface area contributed by atoms with Crippen molar-refractivity contribution in [1.82, 2.24) is 4.31 Å². The van der Waals surface area contributed by atoms with Crippen molar-refractivity contribution in [1.29, 1.82) is 0 Å². The van der Waals surface area contributed by atoms with Gasteiger partial charge in [-0.15, -0.1) is 0 Å². The number of sulfonamides is 1. The summed E-state index contributed by atoms with van der Waals surface area (Å²) in [5.41, 5.74) is 0. The Labute approximate surface area is 111 Å². The molecule has 0 saturated carbocycles. The van der Waals surface area contributed by atoms with Crippen LogP contribution in [0.15, 0.2) is 17.0 Å². The van der Waals surface area contributed by atoms with Crippen LogP contribution in [0.1, 0.15) is 6.92 Å². The Morgan fingerprint density at radius 2 is 1.82 bits per heavy atom. The Morgan fingerprint density at radius 1 is 1.24 bits per heavy atom. The molecule has 0 aliphatic rings. The molecule has 0 aliphatic carbocycles. The first kappa shape index (κ1) is 14.6. The number of ether oxygens (including phenoxy) is 1. The Balaban J connectivity index is 3.35. The summed E-state index contributed by atoms with van der Waals surface area (Å²) >= 11 is 11.8. The maximum absolute atomic E-state index is 11.9. The van der Waals surface area contributed by atoms with Crippen LogP contribution in [0.4, 0.5) is 0 Å². The third-order valence-electron chi connectivity index (χ3n) is 2.04. The summed E-state index contributed by atoms with van der Waals surface area (Å²) in [5.74, 6) is 0.372. The molecule has 0 radical (unpaired) electrons. The molecule has 0 heterocycles. The fraction of sp³-hybridized carbons (Fsp3) is 0.400. The van der Waals surface area contributed by atoms with Crippen molar-refractivity contribution in [2.24, 2.45) is 0 Å². The van der Waals surface area contributed by atoms with Gasteiger partial charge in [0.05, 0.1) is 16.7 Å². The van der Waals surface area contributed by atoms with E-state index in [9.17, 15) is 8.42 Å². The van der Waals surface area contributed by atoms with Crippen LogP contribution < -0.4 is 4.74 Å². The van der Waals surface area contributed by atoms with Gasteiger partial charge >= 0.3 is 0 Å². The number of hydrogen-bond acceptors (Lipinski definition) is 3. The summed E-state index contributed by atoms with van der Waals surface area (Å²) in [5, 5.41) is 0.309. The van der Waals surface area contributed by atoms with Crippen LogP contribution in [0.25, 0.3) is 0 Å². The lowest BCUT2D eigenvalue weighted by atomic mass is 10.3. The highest BCUT2D eigenvalue weighted by Gasteiger charge is 2.22. The van der Waals surface area contributed by atoms with Crippen molar-refractivity contribution < 1.29 is 13.2 Å². The van der Waals surface area contributed by atoms with E-state index >= 15 is 0 Å². The average molecular weight is 298 g/mol. The number of rotatable bonds is 4. The third kappa shape index (κ3) is 3.04. The molecule has 0 unspecified atom stereocenters. The van der Waals surface area contributed by atoms with Crippen molar-refractivity contribution in [3.05, 3.63) is 22.2 Å². The first-order valence-electron chi connectivity index (χ1n) is 4.85. The van der Waals surface area contributed by atoms with E-state index in [-0.39, 0.29) is 14.9 Å². The zero-order valence-electron chi connectivity index (χ0n) is 9.70. The Morgan fingerprint density at radius 3 is 2.29 bits per heavy atom. The van der Waals surface area contributed by atoms with Gasteiger partial charge in [0, 0.05) is 20.2 Å². The molecule has 0 amide bonds. The van der Waals surface area contributed by atoms with E-state index in [1.807, 2.05) is 0 Å². The predicted molar refractivity (Wildman–Crippen MR) is 68.5 cm³/mol. The summed E-state index contributed by atoms with van der Waals surface area (Å²) in [6, 6.07) is 2.70. The predicted octanol–water partition coefficient (Wildman–Crippen LogP) is 2.64. The molecule has 0 atom stereocenters. The minimum Gasteiger partial charge on any atom is -0.492 e. The first-order chi connectivity index (χ1) is 7.80. The Hall–Kier alpha value is -0.490. The summed E-state index contributed by atoms with van der Waals surface area (Å²) in [6.45, 7) is 2.23. The zero-order valence-corrected chi connectivity index (χ0v) is 12.0. The molecule has 7 heteroatoms. The van der Waals surface area contributed by atoms with Crippen LogP contribution in [0.3, 0.4) is 0 Å². The van der Waals surface area contributed by atoms with Crippen LogP contribution in [0.2, 0.25) is 10.0 Å². The number of benzene rings is 1. The standard InChI is InChI=1S/C10H13Cl2NO3S/c1-4-16-9-5-8(12)10(6-7(9)11)17(14,15)13(2)3/h5-6H,4H2,1-3H3. The Kier molecular flexibility index (Phi) is 4.66. The molecule has 1 rings (SSSR count). The van der Waals surface area contributed by atoms with E-state index in [2.05, 4.69) is 0 Å². The quantitative estimate of drug-likeness (QED) is 0.858. The van der Waals surface area contributed by atoms with E-state index < -0.39 is 10.0 Å². The molecule has 17 heavy (non-hydrogen) atoms. The average Bonchev–Trinajstić information content (AvgIpc) is 2.22. The second kappa shape index (κ2) is 5.44. The number of hydrogen-bond donors (Lipinski definition) is 0. The molecule has 4 nitrogen and oxygen atoms in total. The molecule has 96 valence electrons. The van der Waals surface area contributed by atoms with Gasteiger partial charge in [-0.1, -0.05) is 23.2 Å². The van der Waals surface area contributed by atoms with Gasteiger partial charge < -0.3 is 4.74 Å². The van der Waals surface area contributed by atoms with Gasteiger partial charge in [0.2, 0.25) is 10.0 Å². The van der Waals surface area contributed by atoms with E-state index in [1.165, 1.54) is 26.2 Å². The van der Waals surface area contributed by atoms with Crippen molar-refractivity contribution in [3.8, 4) is 5.75 Å². The van der Waals surface area contributed by atoms with Crippen molar-refractivity contribution >= 4 is 33.2 Å². The van der Waals surface area contributed by atoms with E-state index in [0.717, 1.165) is 4.31 Å². The molecule has 0 saturated heterocycles. The molecule has 0 aliphatic heterocycles. The van der Waals surface area contributed by atoms with Crippen LogP contribution in [0.5, 0.6) is 5.75 Å². The minimum absolute atomic E-state index is 0.0300. The van der Waals surface area contributed by atoms with Crippen LogP contribution in [-0.2, 0) is 10.0 Å². The SMILES string of the molecule is CCOc1cc(Cl)c(S(=O)(=O)N(C)C)cc1Cl. The third-order valence-corrected chi connectivity index (χ3v) is 4.62. The van der Waals surface area contributed by atoms with Gasteiger partial charge in [-0.3, -0.25) is 0 Å². The van der Waals surface area contributed by atoms with Gasteiger partial charge in [-0.05, 0) is 13.0 Å². The summed E-state index contributed by atoms with van der Waals surface area (Å²) in [7, 11) is -0.747. The highest BCUT2D eigenvalue weighted by molar-refractivity contribution is 7.89. The fourth-order valence-corrected chi connectivity index (χ4v) is 2.87. The zero-order chi connectivity index (χ0) is 13.2. The first-order valence-corrected chi connectivity index (χ1v) is 7.04. The Bertz CT molecular complexity index is 515. The van der Waals surface area contributed by atoms with Gasteiger partial charge in [0.25, 0.3) is 0 Å². The topological polar surface area (TPSA) is 46.6 Å². The number of nitrogens with zero attached hydrogens (tertiary/aromatic N) is 1. The summed E-state index contributed by atoms with van der Waals surface area (Å²) in [4.78, 5) is -0.0300. The van der Waals surface area contributed by atoms with Crippen LogP contribution in [0, 0.1) is 0 Å². The molecule has 0 N–H and O–H groups in total. The molecule has 0 aromatic heterocycles. The monoisotopic (exact) mass is 297 g/mol. The maximum Gasteiger partial charge on any atom is 0.244 e. The maximum atomic E-state index is 11.9. The molecular formula is C10H13Cl2NO3S. The van der Waals surface area contributed by atoms with Crippen LogP contribution >= 0.6 is 23.2 Å². The largest absolute Gasteiger partial charge is 0.492 e. The fourth-order valence-electron chi connectivity index (χ4n) is 1.17. The normalized spacial score (nSPS) is 11.9. The van der Waals surface area contributed by atoms with Gasteiger partial charge in [-0.2, -0.15) is 0 Å². The molecule has 0 fully saturated rings. The molecule has 1 aromatic rings. The van der Waals surface area contributed by atoms with Gasteiger partial charge in [-0.25, -0.2) is 12.7 Å². The van der Waals surface area contributed by atoms with Crippen molar-refractivity contribution in [3.63, 3.8) is 0 Å². The lowest BCUT2D eigenvalue weighted by molar-refractivity contribution is 0.340. The van der Waals surface area contributed by atoms with E-state index in [1.54, 1.807) is 6.92 Å². The van der Waals surface area contributed by atoms with E-state index in [0.29, 0.717) is 12.4 Å². The number of halogens is 2. The summed E-state index contributed by atoms with van der Waals surface area (Å²) < 4.78 is 30.1. The van der Waals surface area contributed by atoms with Crippen molar-refractivity contribution in [2.75, 3.05) is 20.7 Å². The second-order valence-electron chi connectivity index (χ2n) is 3.43. The van der Waals surface area contributed by atoms with Crippen LogP contribution in [-0.4, -0.2) is 33.4 Å². The van der Waals surface area contributed by atoms with E-state index in [4.69, 9.17) is 27.9 Å². The summed E-state index contributed by atoms with van der Waals surface area (Å²) in [6.07, 6.45) is 0. The van der Waals surface area contributed by atoms with Gasteiger partial charge in [0.15, 0.2) is 0 Å². The van der Waals surface area contributed by atoms with Crippen molar-refractivity contribution in [2.45, 2.75) is 11.8 Å². The minimum atomic E-state index is -3.60. The molecular weight excluding hydrogens is 285 g/mol. The highest BCUT2D eigenvalue weighted by atomic mass is 35.5. The molecule has 0 spiro atoms. The highest BCUT2D eigenvalue weighted by Crippen LogP contribution is 2.34. The lowest BCUT2D eigenvalue weighted by Crippen LogP contribution is -2.22. The molecule has 1 aromatic carbocycles. The lowest BCUT2D eigenvalue weighted by Gasteiger charge is -2.14. The smallest absolute Gasteiger partial charge is 0.244 e.